The number of hydrogen-bond acceptors (Lipinski definition) is 3. The molecule has 0 aliphatic carbocycles. The summed E-state index contributed by atoms with van der Waals surface area (Å²) >= 11 is 6.14. The van der Waals surface area contributed by atoms with Crippen LogP contribution in [0.15, 0.2) is 48.5 Å². The summed E-state index contributed by atoms with van der Waals surface area (Å²) in [6.07, 6.45) is 2.19. The fraction of sp³-hybridized carbons (Fsp3) is 0.400. The van der Waals surface area contributed by atoms with Crippen molar-refractivity contribution in [2.75, 3.05) is 26.8 Å². The standard InChI is InChI=1S/C20H24ClNO2/c1-23-19-12-16(11-18(21)13-19)14-24-15-20(7-9-22-10-8-20)17-5-3-2-4-6-17/h2-6,11-13,22H,7-10,14-15H2,1H3. The van der Waals surface area contributed by atoms with Crippen LogP contribution in [0.4, 0.5) is 0 Å². The molecule has 0 unspecified atom stereocenters. The third kappa shape index (κ3) is 4.10. The molecule has 1 saturated heterocycles. The molecule has 3 rings (SSSR count). The predicted octanol–water partition coefficient (Wildman–Crippen LogP) is 4.19. The Morgan fingerprint density at radius 1 is 1.08 bits per heavy atom. The zero-order valence-electron chi connectivity index (χ0n) is 14.1. The summed E-state index contributed by atoms with van der Waals surface area (Å²) < 4.78 is 11.4. The minimum atomic E-state index is 0.0924. The van der Waals surface area contributed by atoms with Gasteiger partial charge in [-0.05, 0) is 55.3 Å². The highest BCUT2D eigenvalue weighted by molar-refractivity contribution is 6.30. The van der Waals surface area contributed by atoms with Crippen molar-refractivity contribution >= 4 is 11.6 Å². The zero-order valence-corrected chi connectivity index (χ0v) is 14.8. The Hall–Kier alpha value is -1.55. The van der Waals surface area contributed by atoms with E-state index in [0.717, 1.165) is 37.2 Å². The van der Waals surface area contributed by atoms with E-state index in [4.69, 9.17) is 21.1 Å². The number of methoxy groups -OCH3 is 1. The van der Waals surface area contributed by atoms with Crippen LogP contribution in [0.25, 0.3) is 0 Å². The van der Waals surface area contributed by atoms with Gasteiger partial charge in [0, 0.05) is 10.4 Å². The van der Waals surface area contributed by atoms with Gasteiger partial charge in [-0.25, -0.2) is 0 Å². The molecule has 0 spiro atoms. The van der Waals surface area contributed by atoms with Gasteiger partial charge in [-0.15, -0.1) is 0 Å². The molecule has 1 heterocycles. The number of piperidine rings is 1. The van der Waals surface area contributed by atoms with Crippen LogP contribution in [0.3, 0.4) is 0 Å². The Labute approximate surface area is 148 Å². The Morgan fingerprint density at radius 3 is 2.54 bits per heavy atom. The molecule has 4 heteroatoms. The molecule has 0 bridgehead atoms. The van der Waals surface area contributed by atoms with Gasteiger partial charge >= 0.3 is 0 Å². The molecule has 24 heavy (non-hydrogen) atoms. The van der Waals surface area contributed by atoms with Crippen LogP contribution in [-0.4, -0.2) is 26.8 Å². The quantitative estimate of drug-likeness (QED) is 0.851. The highest BCUT2D eigenvalue weighted by Gasteiger charge is 2.34. The van der Waals surface area contributed by atoms with E-state index in [1.807, 2.05) is 18.2 Å². The lowest BCUT2D eigenvalue weighted by Crippen LogP contribution is -2.43. The van der Waals surface area contributed by atoms with Crippen molar-refractivity contribution in [3.63, 3.8) is 0 Å². The largest absolute Gasteiger partial charge is 0.497 e. The smallest absolute Gasteiger partial charge is 0.120 e. The van der Waals surface area contributed by atoms with Crippen LogP contribution in [0.2, 0.25) is 5.02 Å². The van der Waals surface area contributed by atoms with Crippen LogP contribution in [0, 0.1) is 0 Å². The summed E-state index contributed by atoms with van der Waals surface area (Å²) in [6.45, 7) is 3.32. The summed E-state index contributed by atoms with van der Waals surface area (Å²) in [5.41, 5.74) is 2.50. The monoisotopic (exact) mass is 345 g/mol. The highest BCUT2D eigenvalue weighted by atomic mass is 35.5. The Morgan fingerprint density at radius 2 is 1.83 bits per heavy atom. The molecule has 0 saturated carbocycles. The number of hydrogen-bond donors (Lipinski definition) is 1. The van der Waals surface area contributed by atoms with Crippen molar-refractivity contribution < 1.29 is 9.47 Å². The minimum Gasteiger partial charge on any atom is -0.497 e. The van der Waals surface area contributed by atoms with E-state index in [1.165, 1.54) is 5.56 Å². The first-order valence-corrected chi connectivity index (χ1v) is 8.77. The van der Waals surface area contributed by atoms with E-state index in [9.17, 15) is 0 Å². The molecule has 0 atom stereocenters. The summed E-state index contributed by atoms with van der Waals surface area (Å²) in [5, 5.41) is 4.12. The number of rotatable bonds is 6. The summed E-state index contributed by atoms with van der Waals surface area (Å²) in [5.74, 6) is 0.765. The molecule has 1 aliphatic heterocycles. The molecule has 128 valence electrons. The molecule has 2 aromatic carbocycles. The maximum absolute atomic E-state index is 6.14. The second-order valence-electron chi connectivity index (χ2n) is 6.39. The van der Waals surface area contributed by atoms with Gasteiger partial charge in [-0.3, -0.25) is 0 Å². The fourth-order valence-electron chi connectivity index (χ4n) is 3.40. The highest BCUT2D eigenvalue weighted by Crippen LogP contribution is 2.34. The lowest BCUT2D eigenvalue weighted by Gasteiger charge is -2.38. The van der Waals surface area contributed by atoms with Crippen LogP contribution in [0.1, 0.15) is 24.0 Å². The molecular formula is C20H24ClNO2. The van der Waals surface area contributed by atoms with E-state index >= 15 is 0 Å². The molecular weight excluding hydrogens is 322 g/mol. The van der Waals surface area contributed by atoms with Crippen LogP contribution in [0.5, 0.6) is 5.75 Å². The Bertz CT molecular complexity index is 654. The van der Waals surface area contributed by atoms with Crippen molar-refractivity contribution in [3.8, 4) is 5.75 Å². The van der Waals surface area contributed by atoms with E-state index in [0.29, 0.717) is 18.2 Å². The van der Waals surface area contributed by atoms with Crippen molar-refractivity contribution in [1.29, 1.82) is 0 Å². The van der Waals surface area contributed by atoms with E-state index in [1.54, 1.807) is 7.11 Å². The van der Waals surface area contributed by atoms with Gasteiger partial charge in [-0.2, -0.15) is 0 Å². The van der Waals surface area contributed by atoms with E-state index in [-0.39, 0.29) is 5.41 Å². The predicted molar refractivity (Wildman–Crippen MR) is 97.9 cm³/mol. The van der Waals surface area contributed by atoms with Crippen molar-refractivity contribution in [3.05, 3.63) is 64.7 Å². The number of halogens is 1. The molecule has 0 amide bonds. The van der Waals surface area contributed by atoms with Gasteiger partial charge in [0.05, 0.1) is 20.3 Å². The minimum absolute atomic E-state index is 0.0924. The van der Waals surface area contributed by atoms with Crippen molar-refractivity contribution in [2.45, 2.75) is 24.9 Å². The first kappa shape index (κ1) is 17.3. The number of ether oxygens (including phenoxy) is 2. The summed E-state index contributed by atoms with van der Waals surface area (Å²) in [4.78, 5) is 0. The van der Waals surface area contributed by atoms with Crippen LogP contribution in [-0.2, 0) is 16.8 Å². The molecule has 0 aromatic heterocycles. The number of benzene rings is 2. The molecule has 1 aliphatic rings. The molecule has 1 fully saturated rings. The summed E-state index contributed by atoms with van der Waals surface area (Å²) in [7, 11) is 1.65. The second kappa shape index (κ2) is 8.02. The maximum atomic E-state index is 6.14. The average molecular weight is 346 g/mol. The normalized spacial score (nSPS) is 16.8. The first-order valence-electron chi connectivity index (χ1n) is 8.39. The lowest BCUT2D eigenvalue weighted by molar-refractivity contribution is 0.0564. The van der Waals surface area contributed by atoms with Crippen molar-refractivity contribution in [1.82, 2.24) is 5.32 Å². The van der Waals surface area contributed by atoms with Gasteiger partial charge in [0.2, 0.25) is 0 Å². The van der Waals surface area contributed by atoms with Gasteiger partial charge < -0.3 is 14.8 Å². The van der Waals surface area contributed by atoms with Gasteiger partial charge in [-0.1, -0.05) is 41.9 Å². The molecule has 1 N–H and O–H groups in total. The fourth-order valence-corrected chi connectivity index (χ4v) is 3.65. The lowest BCUT2D eigenvalue weighted by atomic mass is 9.74. The Kier molecular flexibility index (Phi) is 5.77. The van der Waals surface area contributed by atoms with Crippen LogP contribution >= 0.6 is 11.6 Å². The third-order valence-electron chi connectivity index (χ3n) is 4.76. The van der Waals surface area contributed by atoms with Gasteiger partial charge in [0.15, 0.2) is 0 Å². The van der Waals surface area contributed by atoms with E-state index in [2.05, 4.69) is 35.6 Å². The zero-order chi connectivity index (χ0) is 16.8. The maximum Gasteiger partial charge on any atom is 0.120 e. The second-order valence-corrected chi connectivity index (χ2v) is 6.82. The van der Waals surface area contributed by atoms with E-state index < -0.39 is 0 Å². The number of nitrogens with one attached hydrogen (secondary N) is 1. The van der Waals surface area contributed by atoms with Crippen molar-refractivity contribution in [2.24, 2.45) is 0 Å². The van der Waals surface area contributed by atoms with Gasteiger partial charge in [0.25, 0.3) is 0 Å². The third-order valence-corrected chi connectivity index (χ3v) is 4.98. The molecule has 0 radical (unpaired) electrons. The molecule has 2 aromatic rings. The topological polar surface area (TPSA) is 30.5 Å². The molecule has 3 nitrogen and oxygen atoms in total. The van der Waals surface area contributed by atoms with Crippen LogP contribution < -0.4 is 10.1 Å². The average Bonchev–Trinajstić information content (AvgIpc) is 2.63. The Balaban J connectivity index is 1.69. The SMILES string of the molecule is COc1cc(Cl)cc(COCC2(c3ccccc3)CCNCC2)c1. The first-order chi connectivity index (χ1) is 11.7. The summed E-state index contributed by atoms with van der Waals surface area (Å²) in [6, 6.07) is 16.4. The van der Waals surface area contributed by atoms with Gasteiger partial charge in [0.1, 0.15) is 5.75 Å².